The lowest BCUT2D eigenvalue weighted by molar-refractivity contribution is 0.0902. The lowest BCUT2D eigenvalue weighted by atomic mass is 9.86. The predicted molar refractivity (Wildman–Crippen MR) is 79.5 cm³/mol. The molecular weight excluding hydrogens is 282 g/mol. The molecule has 6 nitrogen and oxygen atoms in total. The van der Waals surface area contributed by atoms with Gasteiger partial charge in [0.25, 0.3) is 11.5 Å². The minimum atomic E-state index is -0.254. The molecule has 3 aliphatic carbocycles. The number of aliphatic hydroxyl groups excluding tert-OH is 1. The fourth-order valence-corrected chi connectivity index (χ4v) is 4.18. The molecule has 1 aromatic heterocycles. The van der Waals surface area contributed by atoms with E-state index in [1.54, 1.807) is 0 Å². The van der Waals surface area contributed by atoms with Gasteiger partial charge in [0.15, 0.2) is 0 Å². The Balaban J connectivity index is 1.46. The highest BCUT2D eigenvalue weighted by molar-refractivity contribution is 5.92. The van der Waals surface area contributed by atoms with Crippen LogP contribution >= 0.6 is 0 Å². The van der Waals surface area contributed by atoms with Crippen LogP contribution in [0.1, 0.15) is 54.3 Å². The van der Waals surface area contributed by atoms with Gasteiger partial charge in [0.1, 0.15) is 11.5 Å². The van der Waals surface area contributed by atoms with Crippen molar-refractivity contribution in [2.24, 2.45) is 17.8 Å². The van der Waals surface area contributed by atoms with Gasteiger partial charge in [0.2, 0.25) is 0 Å². The normalized spacial score (nSPS) is 33.1. The SMILES string of the molecule is O=C(N[C@@H]1C[C@H]2C[C@@H]1C[C@H]2CO)c1cc(=O)[nH]c(C2CC2)n1. The summed E-state index contributed by atoms with van der Waals surface area (Å²) in [6.07, 6.45) is 5.07. The number of aliphatic hydroxyl groups is 1. The number of amides is 1. The molecule has 2 bridgehead atoms. The molecule has 1 aromatic rings. The number of hydrogen-bond donors (Lipinski definition) is 3. The van der Waals surface area contributed by atoms with E-state index in [9.17, 15) is 14.7 Å². The second-order valence-corrected chi connectivity index (χ2v) is 7.04. The third-order valence-corrected chi connectivity index (χ3v) is 5.51. The van der Waals surface area contributed by atoms with Gasteiger partial charge < -0.3 is 15.4 Å². The summed E-state index contributed by atoms with van der Waals surface area (Å²) in [5.74, 6) is 2.09. The average Bonchev–Trinajstić information content (AvgIpc) is 3.19. The fourth-order valence-electron chi connectivity index (χ4n) is 4.18. The van der Waals surface area contributed by atoms with E-state index in [-0.39, 0.29) is 29.8 Å². The molecule has 22 heavy (non-hydrogen) atoms. The number of nitrogens with one attached hydrogen (secondary N) is 2. The summed E-state index contributed by atoms with van der Waals surface area (Å²) in [6.45, 7) is 0.252. The monoisotopic (exact) mass is 303 g/mol. The molecule has 3 N–H and O–H groups in total. The zero-order chi connectivity index (χ0) is 15.3. The van der Waals surface area contributed by atoms with Crippen molar-refractivity contribution in [1.29, 1.82) is 0 Å². The molecule has 1 heterocycles. The van der Waals surface area contributed by atoms with E-state index >= 15 is 0 Å². The number of H-pyrrole nitrogens is 1. The standard InChI is InChI=1S/C16H21N3O3/c20-7-11-4-10-3-9(11)5-12(10)18-16(22)13-6-14(21)19-15(17-13)8-1-2-8/h6,8-12,20H,1-5,7H2,(H,18,22)(H,17,19,21)/t9-,10-,11+,12-/m1/s1. The molecule has 0 saturated heterocycles. The molecule has 118 valence electrons. The van der Waals surface area contributed by atoms with E-state index in [0.29, 0.717) is 29.5 Å². The molecule has 0 spiro atoms. The Hall–Kier alpha value is -1.69. The van der Waals surface area contributed by atoms with E-state index in [1.807, 2.05) is 0 Å². The number of rotatable bonds is 4. The van der Waals surface area contributed by atoms with E-state index in [2.05, 4.69) is 15.3 Å². The Morgan fingerprint density at radius 1 is 1.32 bits per heavy atom. The molecular formula is C16H21N3O3. The molecule has 3 saturated carbocycles. The molecule has 0 unspecified atom stereocenters. The van der Waals surface area contributed by atoms with E-state index in [0.717, 1.165) is 32.1 Å². The van der Waals surface area contributed by atoms with Crippen molar-refractivity contribution in [3.63, 3.8) is 0 Å². The summed E-state index contributed by atoms with van der Waals surface area (Å²) < 4.78 is 0. The second-order valence-electron chi connectivity index (χ2n) is 7.04. The van der Waals surface area contributed by atoms with Crippen LogP contribution < -0.4 is 10.9 Å². The zero-order valence-electron chi connectivity index (χ0n) is 12.4. The van der Waals surface area contributed by atoms with E-state index < -0.39 is 0 Å². The van der Waals surface area contributed by atoms with Gasteiger partial charge in [0, 0.05) is 24.6 Å². The summed E-state index contributed by atoms with van der Waals surface area (Å²) in [6, 6.07) is 1.44. The van der Waals surface area contributed by atoms with Crippen molar-refractivity contribution in [2.75, 3.05) is 6.61 Å². The third kappa shape index (κ3) is 2.45. The number of hydrogen-bond acceptors (Lipinski definition) is 4. The minimum Gasteiger partial charge on any atom is -0.396 e. The lowest BCUT2D eigenvalue weighted by Gasteiger charge is -2.27. The summed E-state index contributed by atoms with van der Waals surface area (Å²) in [7, 11) is 0. The molecule has 0 aliphatic heterocycles. The maximum Gasteiger partial charge on any atom is 0.270 e. The van der Waals surface area contributed by atoms with Gasteiger partial charge in [0.05, 0.1) is 0 Å². The van der Waals surface area contributed by atoms with Crippen LogP contribution in [0.25, 0.3) is 0 Å². The quantitative estimate of drug-likeness (QED) is 0.766. The Morgan fingerprint density at radius 3 is 2.77 bits per heavy atom. The predicted octanol–water partition coefficient (Wildman–Crippen LogP) is 0.784. The maximum absolute atomic E-state index is 12.4. The van der Waals surface area contributed by atoms with Crippen molar-refractivity contribution >= 4 is 5.91 Å². The average molecular weight is 303 g/mol. The highest BCUT2D eigenvalue weighted by atomic mass is 16.3. The Bertz CT molecular complexity index is 652. The number of aromatic nitrogens is 2. The topological polar surface area (TPSA) is 95.1 Å². The number of nitrogens with zero attached hydrogens (tertiary/aromatic N) is 1. The molecule has 6 heteroatoms. The van der Waals surface area contributed by atoms with Gasteiger partial charge in [-0.05, 0) is 49.9 Å². The highest BCUT2D eigenvalue weighted by Gasteiger charge is 2.46. The van der Waals surface area contributed by atoms with Crippen LogP contribution in [0.2, 0.25) is 0 Å². The summed E-state index contributed by atoms with van der Waals surface area (Å²) in [5, 5.41) is 12.4. The van der Waals surface area contributed by atoms with Gasteiger partial charge in [-0.1, -0.05) is 0 Å². The second kappa shape index (κ2) is 5.19. The molecule has 3 aliphatic rings. The zero-order valence-corrected chi connectivity index (χ0v) is 12.4. The number of fused-ring (bicyclic) bond motifs is 2. The first-order valence-electron chi connectivity index (χ1n) is 8.17. The number of carbonyl (C=O) groups is 1. The number of aromatic amines is 1. The van der Waals surface area contributed by atoms with Crippen LogP contribution in [-0.4, -0.2) is 33.6 Å². The third-order valence-electron chi connectivity index (χ3n) is 5.51. The Kier molecular flexibility index (Phi) is 3.29. The summed E-state index contributed by atoms with van der Waals surface area (Å²) >= 11 is 0. The van der Waals surface area contributed by atoms with Crippen LogP contribution in [0, 0.1) is 17.8 Å². The minimum absolute atomic E-state index is 0.158. The Morgan fingerprint density at radius 2 is 2.14 bits per heavy atom. The van der Waals surface area contributed by atoms with Crippen LogP contribution in [0.15, 0.2) is 10.9 Å². The van der Waals surface area contributed by atoms with E-state index in [4.69, 9.17) is 0 Å². The number of carbonyl (C=O) groups excluding carboxylic acids is 1. The van der Waals surface area contributed by atoms with Crippen molar-refractivity contribution in [2.45, 2.75) is 44.1 Å². The summed E-state index contributed by atoms with van der Waals surface area (Å²) in [4.78, 5) is 31.1. The van der Waals surface area contributed by atoms with Crippen LogP contribution in [-0.2, 0) is 0 Å². The fraction of sp³-hybridized carbons (Fsp3) is 0.688. The molecule has 1 amide bonds. The van der Waals surface area contributed by atoms with Crippen molar-refractivity contribution in [3.05, 3.63) is 27.9 Å². The van der Waals surface area contributed by atoms with Gasteiger partial charge in [-0.25, -0.2) is 4.98 Å². The van der Waals surface area contributed by atoms with Crippen molar-refractivity contribution in [1.82, 2.24) is 15.3 Å². The first-order chi connectivity index (χ1) is 10.6. The summed E-state index contributed by atoms with van der Waals surface area (Å²) in [5.41, 5.74) is -0.0255. The van der Waals surface area contributed by atoms with Crippen LogP contribution in [0.4, 0.5) is 0 Å². The Labute approximate surface area is 128 Å². The van der Waals surface area contributed by atoms with Crippen LogP contribution in [0.5, 0.6) is 0 Å². The first kappa shape index (κ1) is 13.9. The largest absolute Gasteiger partial charge is 0.396 e. The van der Waals surface area contributed by atoms with Gasteiger partial charge >= 0.3 is 0 Å². The maximum atomic E-state index is 12.4. The smallest absolute Gasteiger partial charge is 0.270 e. The van der Waals surface area contributed by atoms with Gasteiger partial charge in [-0.2, -0.15) is 0 Å². The van der Waals surface area contributed by atoms with Gasteiger partial charge in [-0.3, -0.25) is 9.59 Å². The molecule has 4 rings (SSSR count). The van der Waals surface area contributed by atoms with Crippen molar-refractivity contribution < 1.29 is 9.90 Å². The van der Waals surface area contributed by atoms with Crippen LogP contribution in [0.3, 0.4) is 0 Å². The molecule has 0 radical (unpaired) electrons. The lowest BCUT2D eigenvalue weighted by Crippen LogP contribution is -2.41. The molecule has 4 atom stereocenters. The van der Waals surface area contributed by atoms with Gasteiger partial charge in [-0.15, -0.1) is 0 Å². The highest BCUT2D eigenvalue weighted by Crippen LogP contribution is 2.48. The molecule has 0 aromatic carbocycles. The van der Waals surface area contributed by atoms with Crippen molar-refractivity contribution in [3.8, 4) is 0 Å². The first-order valence-corrected chi connectivity index (χ1v) is 8.17. The van der Waals surface area contributed by atoms with E-state index in [1.165, 1.54) is 6.07 Å². The molecule has 3 fully saturated rings.